The van der Waals surface area contributed by atoms with Crippen molar-refractivity contribution in [2.24, 2.45) is 11.1 Å². The molecule has 0 atom stereocenters. The summed E-state index contributed by atoms with van der Waals surface area (Å²) in [5.41, 5.74) is 0.0291. The van der Waals surface area contributed by atoms with E-state index in [2.05, 4.69) is 10.2 Å². The van der Waals surface area contributed by atoms with E-state index in [0.29, 0.717) is 24.5 Å². The fourth-order valence-electron chi connectivity index (χ4n) is 1.51. The molecular formula is C11H19N3O4S. The molecular weight excluding hydrogens is 270 g/mol. The lowest BCUT2D eigenvalue weighted by Gasteiger charge is -2.06. The standard InChI is InChI=1S/C11H19N3O4S/c1-4-8-10(19(12,16)17)9(14-13-8)11(15)18-6-5-7(2)3/h7H,4-6H2,1-3H3,(H,13,14)(H2,12,16,17). The molecule has 0 fully saturated rings. The maximum atomic E-state index is 11.8. The molecule has 0 spiro atoms. The van der Waals surface area contributed by atoms with Crippen LogP contribution in [0.2, 0.25) is 0 Å². The zero-order chi connectivity index (χ0) is 14.6. The second-order valence-electron chi connectivity index (χ2n) is 4.60. The van der Waals surface area contributed by atoms with Gasteiger partial charge >= 0.3 is 5.97 Å². The molecule has 0 aliphatic heterocycles. The molecule has 19 heavy (non-hydrogen) atoms. The molecule has 108 valence electrons. The number of ether oxygens (including phenoxy) is 1. The Balaban J connectivity index is 2.95. The van der Waals surface area contributed by atoms with Crippen LogP contribution in [-0.2, 0) is 21.2 Å². The van der Waals surface area contributed by atoms with Crippen molar-refractivity contribution in [2.45, 2.75) is 38.5 Å². The maximum Gasteiger partial charge on any atom is 0.360 e. The van der Waals surface area contributed by atoms with Gasteiger partial charge in [0.1, 0.15) is 4.90 Å². The number of aromatic amines is 1. The van der Waals surface area contributed by atoms with E-state index in [4.69, 9.17) is 9.88 Å². The third-order valence-electron chi connectivity index (χ3n) is 2.55. The zero-order valence-corrected chi connectivity index (χ0v) is 12.1. The molecule has 0 saturated carbocycles. The number of nitrogens with two attached hydrogens (primary N) is 1. The lowest BCUT2D eigenvalue weighted by Crippen LogP contribution is -2.19. The predicted octanol–water partition coefficient (Wildman–Crippen LogP) is 0.822. The highest BCUT2D eigenvalue weighted by molar-refractivity contribution is 7.89. The third-order valence-corrected chi connectivity index (χ3v) is 3.56. The van der Waals surface area contributed by atoms with E-state index >= 15 is 0 Å². The Bertz CT molecular complexity index is 548. The molecule has 1 aromatic heterocycles. The van der Waals surface area contributed by atoms with Gasteiger partial charge in [-0.15, -0.1) is 0 Å². The van der Waals surface area contributed by atoms with Gasteiger partial charge in [-0.1, -0.05) is 20.8 Å². The number of primary sulfonamides is 1. The molecule has 0 saturated heterocycles. The molecule has 1 heterocycles. The Morgan fingerprint density at radius 3 is 2.58 bits per heavy atom. The number of aromatic nitrogens is 2. The SMILES string of the molecule is CCc1[nH]nc(C(=O)OCCC(C)C)c1S(N)(=O)=O. The number of nitrogens with zero attached hydrogens (tertiary/aromatic N) is 1. The molecule has 1 aromatic rings. The van der Waals surface area contributed by atoms with Crippen LogP contribution in [0.1, 0.15) is 43.4 Å². The fraction of sp³-hybridized carbons (Fsp3) is 0.636. The Kier molecular flexibility index (Phi) is 5.07. The third kappa shape index (κ3) is 4.03. The van der Waals surface area contributed by atoms with Gasteiger partial charge in [0.15, 0.2) is 5.69 Å². The van der Waals surface area contributed by atoms with Gasteiger partial charge in [0.05, 0.1) is 12.3 Å². The monoisotopic (exact) mass is 289 g/mol. The van der Waals surface area contributed by atoms with Gasteiger partial charge in [-0.2, -0.15) is 5.10 Å². The Morgan fingerprint density at radius 2 is 2.11 bits per heavy atom. The molecule has 0 radical (unpaired) electrons. The smallest absolute Gasteiger partial charge is 0.360 e. The number of nitrogens with one attached hydrogen (secondary N) is 1. The van der Waals surface area contributed by atoms with Crippen molar-refractivity contribution >= 4 is 16.0 Å². The van der Waals surface area contributed by atoms with Gasteiger partial charge < -0.3 is 4.74 Å². The van der Waals surface area contributed by atoms with E-state index in [-0.39, 0.29) is 17.2 Å². The van der Waals surface area contributed by atoms with E-state index in [0.717, 1.165) is 0 Å². The van der Waals surface area contributed by atoms with Crippen molar-refractivity contribution in [1.29, 1.82) is 0 Å². The highest BCUT2D eigenvalue weighted by Gasteiger charge is 2.27. The molecule has 8 heteroatoms. The van der Waals surface area contributed by atoms with Gasteiger partial charge in [0.25, 0.3) is 0 Å². The molecule has 3 N–H and O–H groups in total. The molecule has 0 amide bonds. The first kappa shape index (κ1) is 15.6. The van der Waals surface area contributed by atoms with Crippen molar-refractivity contribution in [3.63, 3.8) is 0 Å². The van der Waals surface area contributed by atoms with Crippen LogP contribution in [-0.4, -0.2) is 31.2 Å². The topological polar surface area (TPSA) is 115 Å². The number of sulfonamides is 1. The molecule has 1 rings (SSSR count). The van der Waals surface area contributed by atoms with Crippen molar-refractivity contribution < 1.29 is 17.9 Å². The highest BCUT2D eigenvalue weighted by atomic mass is 32.2. The van der Waals surface area contributed by atoms with Gasteiger partial charge in [-0.05, 0) is 18.8 Å². The van der Waals surface area contributed by atoms with E-state index in [1.54, 1.807) is 6.92 Å². The summed E-state index contributed by atoms with van der Waals surface area (Å²) < 4.78 is 28.0. The number of hydrogen-bond donors (Lipinski definition) is 2. The van der Waals surface area contributed by atoms with Crippen LogP contribution in [0.5, 0.6) is 0 Å². The number of rotatable bonds is 6. The zero-order valence-electron chi connectivity index (χ0n) is 11.3. The number of esters is 1. The number of H-pyrrole nitrogens is 1. The summed E-state index contributed by atoms with van der Waals surface area (Å²) >= 11 is 0. The quantitative estimate of drug-likeness (QED) is 0.752. The summed E-state index contributed by atoms with van der Waals surface area (Å²) in [4.78, 5) is 11.5. The number of carbonyl (C=O) groups is 1. The van der Waals surface area contributed by atoms with Crippen LogP contribution >= 0.6 is 0 Å². The predicted molar refractivity (Wildman–Crippen MR) is 69.1 cm³/mol. The van der Waals surface area contributed by atoms with Gasteiger partial charge in [-0.3, -0.25) is 5.10 Å². The number of aryl methyl sites for hydroxylation is 1. The molecule has 7 nitrogen and oxygen atoms in total. The summed E-state index contributed by atoms with van der Waals surface area (Å²) in [6.07, 6.45) is 1.07. The second-order valence-corrected chi connectivity index (χ2v) is 6.10. The van der Waals surface area contributed by atoms with Crippen LogP contribution in [0, 0.1) is 5.92 Å². The average Bonchev–Trinajstić information content (AvgIpc) is 2.71. The van der Waals surface area contributed by atoms with E-state index < -0.39 is 16.0 Å². The lowest BCUT2D eigenvalue weighted by molar-refractivity contribution is 0.0476. The van der Waals surface area contributed by atoms with Crippen molar-refractivity contribution in [3.8, 4) is 0 Å². The Morgan fingerprint density at radius 1 is 1.47 bits per heavy atom. The number of carbonyl (C=O) groups excluding carboxylic acids is 1. The maximum absolute atomic E-state index is 11.8. The van der Waals surface area contributed by atoms with Gasteiger partial charge in [0.2, 0.25) is 10.0 Å². The highest BCUT2D eigenvalue weighted by Crippen LogP contribution is 2.18. The summed E-state index contributed by atoms with van der Waals surface area (Å²) in [5, 5.41) is 11.3. The molecule has 0 aromatic carbocycles. The van der Waals surface area contributed by atoms with Crippen molar-refractivity contribution in [2.75, 3.05) is 6.61 Å². The van der Waals surface area contributed by atoms with Crippen LogP contribution < -0.4 is 5.14 Å². The normalized spacial score (nSPS) is 11.8. The van der Waals surface area contributed by atoms with E-state index in [1.807, 2.05) is 13.8 Å². The van der Waals surface area contributed by atoms with Crippen LogP contribution in [0.3, 0.4) is 0 Å². The molecule has 0 unspecified atom stereocenters. The lowest BCUT2D eigenvalue weighted by atomic mass is 10.1. The van der Waals surface area contributed by atoms with Crippen LogP contribution in [0.4, 0.5) is 0 Å². The van der Waals surface area contributed by atoms with Crippen molar-refractivity contribution in [1.82, 2.24) is 10.2 Å². The minimum absolute atomic E-state index is 0.217. The fourth-order valence-corrected chi connectivity index (χ4v) is 2.44. The van der Waals surface area contributed by atoms with Crippen molar-refractivity contribution in [3.05, 3.63) is 11.4 Å². The second kappa shape index (κ2) is 6.16. The minimum Gasteiger partial charge on any atom is -0.461 e. The Labute approximate surface area is 112 Å². The first-order valence-corrected chi connectivity index (χ1v) is 7.59. The molecule has 0 aliphatic rings. The van der Waals surface area contributed by atoms with Crippen LogP contribution in [0.15, 0.2) is 4.90 Å². The first-order valence-electron chi connectivity index (χ1n) is 6.04. The minimum atomic E-state index is -4.01. The largest absolute Gasteiger partial charge is 0.461 e. The van der Waals surface area contributed by atoms with Crippen LogP contribution in [0.25, 0.3) is 0 Å². The summed E-state index contributed by atoms with van der Waals surface area (Å²) in [6.45, 7) is 5.94. The van der Waals surface area contributed by atoms with E-state index in [9.17, 15) is 13.2 Å². The molecule has 0 bridgehead atoms. The molecule has 0 aliphatic carbocycles. The Hall–Kier alpha value is -1.41. The average molecular weight is 289 g/mol. The summed E-state index contributed by atoms with van der Waals surface area (Å²) in [7, 11) is -4.01. The van der Waals surface area contributed by atoms with Gasteiger partial charge in [0, 0.05) is 0 Å². The number of hydrogen-bond acceptors (Lipinski definition) is 5. The first-order chi connectivity index (χ1) is 8.77. The summed E-state index contributed by atoms with van der Waals surface area (Å²) in [6, 6.07) is 0. The van der Waals surface area contributed by atoms with E-state index in [1.165, 1.54) is 0 Å². The summed E-state index contributed by atoms with van der Waals surface area (Å²) in [5.74, 6) is -0.392. The van der Waals surface area contributed by atoms with Gasteiger partial charge in [-0.25, -0.2) is 18.4 Å².